The second-order valence-electron chi connectivity index (χ2n) is 8.63. The van der Waals surface area contributed by atoms with Crippen molar-refractivity contribution in [3.63, 3.8) is 0 Å². The molecular weight excluding hydrogens is 505 g/mol. The quantitative estimate of drug-likeness (QED) is 0.266. The van der Waals surface area contributed by atoms with E-state index in [0.29, 0.717) is 42.9 Å². The third-order valence-electron chi connectivity index (χ3n) is 6.23. The van der Waals surface area contributed by atoms with Gasteiger partial charge in [0.05, 0.1) is 22.4 Å². The summed E-state index contributed by atoms with van der Waals surface area (Å²) in [4.78, 5) is 16.0. The summed E-state index contributed by atoms with van der Waals surface area (Å²) in [7, 11) is 0. The molecule has 1 aliphatic carbocycles. The molecule has 5 nitrogen and oxygen atoms in total. The molecule has 1 heterocycles. The van der Waals surface area contributed by atoms with Crippen LogP contribution in [0.5, 0.6) is 0 Å². The van der Waals surface area contributed by atoms with Gasteiger partial charge in [-0.3, -0.25) is 9.78 Å². The van der Waals surface area contributed by atoms with Crippen LogP contribution in [0.4, 0.5) is 33.3 Å². The van der Waals surface area contributed by atoms with E-state index >= 15 is 4.39 Å². The molecule has 1 aromatic heterocycles. The number of hydrogen-bond acceptors (Lipinski definition) is 4. The van der Waals surface area contributed by atoms with E-state index in [2.05, 4.69) is 10.3 Å². The number of aromatic nitrogens is 1. The van der Waals surface area contributed by atoms with Gasteiger partial charge in [-0.1, -0.05) is 17.7 Å². The third-order valence-corrected chi connectivity index (χ3v) is 6.53. The summed E-state index contributed by atoms with van der Waals surface area (Å²) in [5.41, 5.74) is 4.26. The first kappa shape index (κ1) is 25.8. The standard InChI is InChI=1S/C25H21ClF5N3O2/c26-19-11-18(16-6-3-13(27)9-17(16)12-1-4-15(35)5-2-12)22(28)23(32)21(19)24(36)34-14-7-8-33-20(10-14)25(29,30)31/h3,6-12,15,35H,1-2,4-5,32H2,(H,33,34,36). The van der Waals surface area contributed by atoms with Crippen LogP contribution in [0.3, 0.4) is 0 Å². The van der Waals surface area contributed by atoms with Crippen molar-refractivity contribution in [3.05, 3.63) is 76.1 Å². The minimum Gasteiger partial charge on any atom is -0.396 e. The van der Waals surface area contributed by atoms with Gasteiger partial charge in [-0.15, -0.1) is 0 Å². The average molecular weight is 526 g/mol. The van der Waals surface area contributed by atoms with E-state index in [0.717, 1.165) is 12.3 Å². The number of benzene rings is 2. The lowest BCUT2D eigenvalue weighted by molar-refractivity contribution is -0.141. The summed E-state index contributed by atoms with van der Waals surface area (Å²) < 4.78 is 68.4. The van der Waals surface area contributed by atoms with Crippen molar-refractivity contribution < 1.29 is 31.9 Å². The van der Waals surface area contributed by atoms with Crippen molar-refractivity contribution in [2.24, 2.45) is 0 Å². The second kappa shape index (κ2) is 10.0. The number of carbonyl (C=O) groups is 1. The normalized spacial score (nSPS) is 18.2. The molecule has 11 heteroatoms. The van der Waals surface area contributed by atoms with Gasteiger partial charge in [0.1, 0.15) is 11.5 Å². The summed E-state index contributed by atoms with van der Waals surface area (Å²) in [6, 6.07) is 6.82. The molecule has 1 saturated carbocycles. The molecule has 4 N–H and O–H groups in total. The van der Waals surface area contributed by atoms with Crippen molar-refractivity contribution in [2.45, 2.75) is 43.9 Å². The summed E-state index contributed by atoms with van der Waals surface area (Å²) in [5.74, 6) is -2.62. The van der Waals surface area contributed by atoms with Crippen molar-refractivity contribution in [3.8, 4) is 11.1 Å². The zero-order valence-electron chi connectivity index (χ0n) is 18.7. The first-order chi connectivity index (χ1) is 17.0. The summed E-state index contributed by atoms with van der Waals surface area (Å²) in [6.07, 6.45) is -2.09. The zero-order valence-corrected chi connectivity index (χ0v) is 19.4. The van der Waals surface area contributed by atoms with E-state index in [1.165, 1.54) is 24.3 Å². The molecule has 0 radical (unpaired) electrons. The molecule has 0 bridgehead atoms. The van der Waals surface area contributed by atoms with Gasteiger partial charge >= 0.3 is 6.18 Å². The number of nitrogens with two attached hydrogens (primary N) is 1. The smallest absolute Gasteiger partial charge is 0.396 e. The number of amides is 1. The molecule has 0 spiro atoms. The highest BCUT2D eigenvalue weighted by atomic mass is 35.5. The summed E-state index contributed by atoms with van der Waals surface area (Å²) >= 11 is 6.30. The number of aliphatic hydroxyl groups is 1. The SMILES string of the molecule is Nc1c(F)c(-c2ccc(F)cc2C2CCC(O)CC2)cc(Cl)c1C(=O)Nc1ccnc(C(F)(F)F)c1. The second-order valence-corrected chi connectivity index (χ2v) is 9.03. The molecule has 0 atom stereocenters. The van der Waals surface area contributed by atoms with Crippen molar-refractivity contribution in [1.29, 1.82) is 0 Å². The van der Waals surface area contributed by atoms with Crippen LogP contribution in [0.15, 0.2) is 42.6 Å². The Bertz CT molecular complexity index is 1310. The Morgan fingerprint density at radius 3 is 2.42 bits per heavy atom. The van der Waals surface area contributed by atoms with Gasteiger partial charge in [-0.25, -0.2) is 8.78 Å². The van der Waals surface area contributed by atoms with E-state index in [1.807, 2.05) is 0 Å². The predicted octanol–water partition coefficient (Wildman–Crippen LogP) is 6.55. The minimum atomic E-state index is -4.73. The molecule has 36 heavy (non-hydrogen) atoms. The lowest BCUT2D eigenvalue weighted by Crippen LogP contribution is -2.18. The molecule has 1 fully saturated rings. The van der Waals surface area contributed by atoms with Crippen molar-refractivity contribution in [1.82, 2.24) is 4.98 Å². The van der Waals surface area contributed by atoms with Crippen LogP contribution in [0.1, 0.15) is 53.2 Å². The Kier molecular flexibility index (Phi) is 7.19. The van der Waals surface area contributed by atoms with Crippen LogP contribution in [-0.4, -0.2) is 22.1 Å². The van der Waals surface area contributed by atoms with Gasteiger partial charge < -0.3 is 16.2 Å². The Morgan fingerprint density at radius 1 is 1.06 bits per heavy atom. The number of carbonyl (C=O) groups excluding carboxylic acids is 1. The number of nitrogens with zero attached hydrogens (tertiary/aromatic N) is 1. The van der Waals surface area contributed by atoms with Crippen LogP contribution in [0.2, 0.25) is 5.02 Å². The zero-order chi connectivity index (χ0) is 26.2. The van der Waals surface area contributed by atoms with Crippen LogP contribution in [0.25, 0.3) is 11.1 Å². The number of alkyl halides is 3. The average Bonchev–Trinajstić information content (AvgIpc) is 2.82. The van der Waals surface area contributed by atoms with E-state index in [-0.39, 0.29) is 22.2 Å². The number of pyridine rings is 1. The van der Waals surface area contributed by atoms with E-state index in [1.54, 1.807) is 0 Å². The number of hydrogen-bond donors (Lipinski definition) is 3. The van der Waals surface area contributed by atoms with Gasteiger partial charge in [0.25, 0.3) is 5.91 Å². The monoisotopic (exact) mass is 525 g/mol. The van der Waals surface area contributed by atoms with Crippen molar-refractivity contribution >= 4 is 28.9 Å². The maximum absolute atomic E-state index is 15.5. The fraction of sp³-hybridized carbons (Fsp3) is 0.280. The molecule has 0 unspecified atom stereocenters. The third kappa shape index (κ3) is 5.29. The van der Waals surface area contributed by atoms with Gasteiger partial charge in [-0.05, 0) is 73.1 Å². The van der Waals surface area contributed by atoms with Gasteiger partial charge in [0.15, 0.2) is 5.82 Å². The van der Waals surface area contributed by atoms with E-state index < -0.39 is 46.8 Å². The maximum atomic E-state index is 15.5. The van der Waals surface area contributed by atoms with Crippen LogP contribution in [-0.2, 0) is 6.18 Å². The van der Waals surface area contributed by atoms with E-state index in [9.17, 15) is 27.5 Å². The largest absolute Gasteiger partial charge is 0.433 e. The van der Waals surface area contributed by atoms with Crippen LogP contribution >= 0.6 is 11.6 Å². The number of rotatable bonds is 4. The number of aliphatic hydroxyl groups excluding tert-OH is 1. The summed E-state index contributed by atoms with van der Waals surface area (Å²) in [6.45, 7) is 0. The van der Waals surface area contributed by atoms with Gasteiger partial charge in [0.2, 0.25) is 0 Å². The highest BCUT2D eigenvalue weighted by molar-refractivity contribution is 6.35. The molecule has 1 amide bonds. The fourth-order valence-electron chi connectivity index (χ4n) is 4.43. The Hall–Kier alpha value is -3.24. The molecular formula is C25H21ClF5N3O2. The lowest BCUT2D eigenvalue weighted by Gasteiger charge is -2.28. The molecule has 0 saturated heterocycles. The van der Waals surface area contributed by atoms with Crippen LogP contribution < -0.4 is 11.1 Å². The maximum Gasteiger partial charge on any atom is 0.433 e. The topological polar surface area (TPSA) is 88.2 Å². The van der Waals surface area contributed by atoms with Gasteiger partial charge in [-0.2, -0.15) is 13.2 Å². The van der Waals surface area contributed by atoms with Crippen LogP contribution in [0, 0.1) is 11.6 Å². The molecule has 3 aromatic rings. The number of halogens is 6. The highest BCUT2D eigenvalue weighted by Gasteiger charge is 2.33. The number of nitrogens with one attached hydrogen (secondary N) is 1. The molecule has 190 valence electrons. The van der Waals surface area contributed by atoms with E-state index in [4.69, 9.17) is 17.3 Å². The number of anilines is 2. The number of nitrogen functional groups attached to an aromatic ring is 1. The molecule has 0 aliphatic heterocycles. The fourth-order valence-corrected chi connectivity index (χ4v) is 4.73. The first-order valence-corrected chi connectivity index (χ1v) is 11.4. The highest BCUT2D eigenvalue weighted by Crippen LogP contribution is 2.42. The summed E-state index contributed by atoms with van der Waals surface area (Å²) in [5, 5.41) is 11.8. The van der Waals surface area contributed by atoms with Crippen molar-refractivity contribution in [2.75, 3.05) is 11.1 Å². The minimum absolute atomic E-state index is 0.0431. The van der Waals surface area contributed by atoms with Gasteiger partial charge in [0, 0.05) is 17.4 Å². The molecule has 2 aromatic carbocycles. The lowest BCUT2D eigenvalue weighted by atomic mass is 9.79. The Morgan fingerprint density at radius 2 is 1.75 bits per heavy atom. The Balaban J connectivity index is 1.70. The molecule has 1 aliphatic rings. The predicted molar refractivity (Wildman–Crippen MR) is 126 cm³/mol. The molecule has 4 rings (SSSR count). The first-order valence-electron chi connectivity index (χ1n) is 11.1. The Labute approximate surface area is 208 Å².